The lowest BCUT2D eigenvalue weighted by atomic mass is 10.2. The number of rotatable bonds is 2. The lowest BCUT2D eigenvalue weighted by Crippen LogP contribution is -2.30. The third-order valence-electron chi connectivity index (χ3n) is 3.34. The van der Waals surface area contributed by atoms with Crippen molar-refractivity contribution in [2.75, 3.05) is 28.6 Å². The lowest BCUT2D eigenvalue weighted by Gasteiger charge is -2.14. The molecule has 0 atom stereocenters. The van der Waals surface area contributed by atoms with E-state index < -0.39 is 0 Å². The molecule has 0 saturated heterocycles. The Morgan fingerprint density at radius 2 is 1.60 bits per heavy atom. The molecule has 7 heteroatoms. The zero-order valence-corrected chi connectivity index (χ0v) is 12.5. The van der Waals surface area contributed by atoms with E-state index in [0.717, 1.165) is 0 Å². The van der Waals surface area contributed by atoms with Gasteiger partial charge >= 0.3 is 0 Å². The fourth-order valence-electron chi connectivity index (χ4n) is 2.27. The summed E-state index contributed by atoms with van der Waals surface area (Å²) < 4.78 is 11.0. The van der Waals surface area contributed by atoms with E-state index in [0.29, 0.717) is 29.3 Å². The number of carbonyl (C=O) groups excluding carboxylic acids is 2. The maximum atomic E-state index is 11.8. The molecule has 6 nitrogen and oxygen atoms in total. The summed E-state index contributed by atoms with van der Waals surface area (Å²) in [7, 11) is 0. The normalized spacial score (nSPS) is 15.5. The van der Waals surface area contributed by atoms with E-state index in [-0.39, 0.29) is 30.6 Å². The first-order valence-corrected chi connectivity index (χ1v) is 7.38. The summed E-state index contributed by atoms with van der Waals surface area (Å²) in [5, 5.41) is 0.230. The molecule has 2 aliphatic heterocycles. The summed E-state index contributed by atoms with van der Waals surface area (Å²) in [6, 6.07) is 3.51. The average Bonchev–Trinajstić information content (AvgIpc) is 3.06. The number of hydrogen-bond acceptors (Lipinski definition) is 4. The molecule has 0 saturated carbocycles. The molecular weight excluding hydrogens is 328 g/mol. The van der Waals surface area contributed by atoms with Gasteiger partial charge in [-0.15, -0.1) is 0 Å². The van der Waals surface area contributed by atoms with Gasteiger partial charge in [0.05, 0.1) is 16.7 Å². The Bertz CT molecular complexity index is 538. The van der Waals surface area contributed by atoms with Gasteiger partial charge in [0.25, 0.3) is 0 Å². The fourth-order valence-corrected chi connectivity index (χ4v) is 2.58. The molecular formula is C13H13BrN2O4. The molecule has 1 aromatic rings. The molecule has 0 aromatic heterocycles. The number of carbonyl (C=O) groups is 2. The Morgan fingerprint density at radius 3 is 2.05 bits per heavy atom. The van der Waals surface area contributed by atoms with Crippen molar-refractivity contribution in [3.8, 4) is 11.5 Å². The fraction of sp³-hybridized carbons (Fsp3) is 0.385. The summed E-state index contributed by atoms with van der Waals surface area (Å²) in [5.74, 6) is 1.11. The average molecular weight is 341 g/mol. The molecule has 3 rings (SSSR count). The molecule has 0 bridgehead atoms. The van der Waals surface area contributed by atoms with E-state index in [2.05, 4.69) is 15.9 Å². The van der Waals surface area contributed by atoms with Gasteiger partial charge in [-0.25, -0.2) is 0 Å². The number of alkyl halides is 1. The first kappa shape index (κ1) is 13.2. The Kier molecular flexibility index (Phi) is 3.29. The molecule has 2 heterocycles. The van der Waals surface area contributed by atoms with Crippen molar-refractivity contribution in [1.29, 1.82) is 0 Å². The first-order valence-electron chi connectivity index (χ1n) is 6.26. The quantitative estimate of drug-likeness (QED) is 0.771. The van der Waals surface area contributed by atoms with Gasteiger partial charge in [0, 0.05) is 18.6 Å². The molecule has 20 heavy (non-hydrogen) atoms. The Labute approximate surface area is 124 Å². The van der Waals surface area contributed by atoms with E-state index in [1.165, 1.54) is 4.90 Å². The monoisotopic (exact) mass is 340 g/mol. The third kappa shape index (κ3) is 1.93. The van der Waals surface area contributed by atoms with Crippen LogP contribution in [0.1, 0.15) is 13.3 Å². The van der Waals surface area contributed by atoms with Gasteiger partial charge < -0.3 is 9.47 Å². The lowest BCUT2D eigenvalue weighted by molar-refractivity contribution is -0.118. The zero-order chi connectivity index (χ0) is 14.3. The van der Waals surface area contributed by atoms with Crippen LogP contribution in [0.2, 0.25) is 0 Å². The summed E-state index contributed by atoms with van der Waals surface area (Å²) in [6.07, 6.45) is 0.412. The molecule has 1 aromatic carbocycles. The van der Waals surface area contributed by atoms with E-state index in [1.807, 2.05) is 0 Å². The van der Waals surface area contributed by atoms with Crippen LogP contribution in [0.4, 0.5) is 11.4 Å². The van der Waals surface area contributed by atoms with Gasteiger partial charge in [0.1, 0.15) is 11.5 Å². The van der Waals surface area contributed by atoms with Crippen molar-refractivity contribution < 1.29 is 19.1 Å². The molecule has 0 spiro atoms. The van der Waals surface area contributed by atoms with Crippen molar-refractivity contribution in [2.24, 2.45) is 0 Å². The molecule has 0 fully saturated rings. The van der Waals surface area contributed by atoms with Crippen LogP contribution in [-0.4, -0.2) is 30.6 Å². The minimum atomic E-state index is -0.0804. The predicted octanol–water partition coefficient (Wildman–Crippen LogP) is 1.86. The molecule has 0 aliphatic carbocycles. The van der Waals surface area contributed by atoms with Gasteiger partial charge in [-0.3, -0.25) is 19.4 Å². The number of amides is 2. The van der Waals surface area contributed by atoms with Crippen molar-refractivity contribution in [2.45, 2.75) is 13.3 Å². The Balaban J connectivity index is 1.98. The van der Waals surface area contributed by atoms with Crippen molar-refractivity contribution in [1.82, 2.24) is 0 Å². The summed E-state index contributed by atoms with van der Waals surface area (Å²) in [5.41, 5.74) is 1.38. The van der Waals surface area contributed by atoms with Crippen LogP contribution in [0.3, 0.4) is 0 Å². The van der Waals surface area contributed by atoms with Gasteiger partial charge in [0.15, 0.2) is 13.5 Å². The molecule has 2 amide bonds. The smallest absolute Gasteiger partial charge is 0.240 e. The number of halogens is 1. The summed E-state index contributed by atoms with van der Waals surface area (Å²) in [6.45, 7) is 2.20. The van der Waals surface area contributed by atoms with E-state index >= 15 is 0 Å². The van der Waals surface area contributed by atoms with Gasteiger partial charge in [-0.2, -0.15) is 0 Å². The maximum Gasteiger partial charge on any atom is 0.240 e. The number of ether oxygens (including phenoxy) is 2. The SMILES string of the molecule is CCC(=O)N1COc2cc3c(cc21)OCN3C(=O)CBr. The summed E-state index contributed by atoms with van der Waals surface area (Å²) >= 11 is 3.15. The van der Waals surface area contributed by atoms with Crippen LogP contribution in [-0.2, 0) is 9.59 Å². The largest absolute Gasteiger partial charge is 0.470 e. The van der Waals surface area contributed by atoms with Crippen molar-refractivity contribution >= 4 is 39.1 Å². The molecule has 0 unspecified atom stereocenters. The van der Waals surface area contributed by atoms with Crippen LogP contribution in [0.25, 0.3) is 0 Å². The second-order valence-corrected chi connectivity index (χ2v) is 5.03. The first-order chi connectivity index (χ1) is 9.65. The number of nitrogens with zero attached hydrogens (tertiary/aromatic N) is 2. The minimum Gasteiger partial charge on any atom is -0.470 e. The molecule has 106 valence electrons. The van der Waals surface area contributed by atoms with Crippen molar-refractivity contribution in [3.05, 3.63) is 12.1 Å². The standard InChI is InChI=1S/C13H13BrN2O4/c1-2-12(17)15-6-19-10-4-9-11(3-8(10)15)20-7-16(9)13(18)5-14/h3-4H,2,5-7H2,1H3. The van der Waals surface area contributed by atoms with Crippen LogP contribution in [0, 0.1) is 0 Å². The number of benzene rings is 1. The number of fused-ring (bicyclic) bond motifs is 2. The molecule has 0 N–H and O–H groups in total. The van der Waals surface area contributed by atoms with Crippen LogP contribution >= 0.6 is 15.9 Å². The van der Waals surface area contributed by atoms with E-state index in [4.69, 9.17) is 9.47 Å². The van der Waals surface area contributed by atoms with Crippen LogP contribution in [0.5, 0.6) is 11.5 Å². The predicted molar refractivity (Wildman–Crippen MR) is 76.5 cm³/mol. The zero-order valence-electron chi connectivity index (χ0n) is 10.9. The van der Waals surface area contributed by atoms with E-state index in [1.54, 1.807) is 24.0 Å². The second-order valence-electron chi connectivity index (χ2n) is 4.47. The van der Waals surface area contributed by atoms with Gasteiger partial charge in [-0.1, -0.05) is 22.9 Å². The topological polar surface area (TPSA) is 59.1 Å². The maximum absolute atomic E-state index is 11.8. The highest BCUT2D eigenvalue weighted by atomic mass is 79.9. The highest BCUT2D eigenvalue weighted by Crippen LogP contribution is 2.45. The van der Waals surface area contributed by atoms with Gasteiger partial charge in [-0.05, 0) is 0 Å². The third-order valence-corrected chi connectivity index (χ3v) is 3.82. The minimum absolute atomic E-state index is 0.00455. The van der Waals surface area contributed by atoms with Crippen LogP contribution < -0.4 is 19.3 Å². The highest BCUT2D eigenvalue weighted by Gasteiger charge is 2.32. The molecule has 2 aliphatic rings. The second kappa shape index (κ2) is 4.97. The Hall–Kier alpha value is -1.76. The van der Waals surface area contributed by atoms with E-state index in [9.17, 15) is 9.59 Å². The highest BCUT2D eigenvalue weighted by molar-refractivity contribution is 9.09. The molecule has 0 radical (unpaired) electrons. The summed E-state index contributed by atoms with van der Waals surface area (Å²) in [4.78, 5) is 26.7. The van der Waals surface area contributed by atoms with Crippen molar-refractivity contribution in [3.63, 3.8) is 0 Å². The van der Waals surface area contributed by atoms with Gasteiger partial charge in [0.2, 0.25) is 11.8 Å². The number of hydrogen-bond donors (Lipinski definition) is 0. The van der Waals surface area contributed by atoms with Crippen LogP contribution in [0.15, 0.2) is 12.1 Å². The Morgan fingerprint density at radius 1 is 1.10 bits per heavy atom. The number of anilines is 2.